The largest absolute Gasteiger partial charge is 0.441 e. The summed E-state index contributed by atoms with van der Waals surface area (Å²) in [7, 11) is 0. The van der Waals surface area contributed by atoms with Gasteiger partial charge in [-0.2, -0.15) is 16.3 Å². The molecule has 3 aromatic rings. The summed E-state index contributed by atoms with van der Waals surface area (Å²) >= 11 is 1.65. The SMILES string of the molecule is Cc1nc(N2CCN(Cc3nc(-c4ccsc4)oc3C)CC2)n[nH]1. The average Bonchev–Trinajstić information content (AvgIpc) is 3.30. The Morgan fingerprint density at radius 2 is 2.04 bits per heavy atom. The molecule has 1 aliphatic heterocycles. The van der Waals surface area contributed by atoms with Crippen molar-refractivity contribution in [2.24, 2.45) is 0 Å². The van der Waals surface area contributed by atoms with E-state index in [4.69, 9.17) is 4.42 Å². The number of anilines is 1. The molecule has 0 aliphatic carbocycles. The molecule has 0 radical (unpaired) electrons. The molecule has 8 heteroatoms. The second-order valence-electron chi connectivity index (χ2n) is 6.02. The molecule has 0 saturated carbocycles. The summed E-state index contributed by atoms with van der Waals surface area (Å²) in [5.41, 5.74) is 2.08. The highest BCUT2D eigenvalue weighted by molar-refractivity contribution is 7.08. The maximum absolute atomic E-state index is 5.83. The number of aryl methyl sites for hydroxylation is 2. The van der Waals surface area contributed by atoms with E-state index in [0.717, 1.165) is 67.4 Å². The van der Waals surface area contributed by atoms with Crippen LogP contribution in [0, 0.1) is 13.8 Å². The predicted octanol–water partition coefficient (Wildman–Crippen LogP) is 2.46. The van der Waals surface area contributed by atoms with Crippen LogP contribution < -0.4 is 4.90 Å². The predicted molar refractivity (Wildman–Crippen MR) is 93.2 cm³/mol. The number of piperazine rings is 1. The molecule has 1 aliphatic rings. The number of nitrogens with zero attached hydrogens (tertiary/aromatic N) is 5. The standard InChI is InChI=1S/C16H20N6OS/c1-11-14(18-15(23-11)13-3-8-24-10-13)9-21-4-6-22(7-5-21)16-17-12(2)19-20-16/h3,8,10H,4-7,9H2,1-2H3,(H,17,19,20). The van der Waals surface area contributed by atoms with Crippen LogP contribution in [-0.2, 0) is 6.54 Å². The first kappa shape index (κ1) is 15.3. The van der Waals surface area contributed by atoms with Gasteiger partial charge in [0, 0.05) is 43.7 Å². The smallest absolute Gasteiger partial charge is 0.244 e. The van der Waals surface area contributed by atoms with Crippen molar-refractivity contribution in [1.29, 1.82) is 0 Å². The van der Waals surface area contributed by atoms with Crippen LogP contribution in [0.3, 0.4) is 0 Å². The number of oxazole rings is 1. The quantitative estimate of drug-likeness (QED) is 0.784. The lowest BCUT2D eigenvalue weighted by atomic mass is 10.2. The van der Waals surface area contributed by atoms with E-state index in [-0.39, 0.29) is 0 Å². The molecular weight excluding hydrogens is 324 g/mol. The third-order valence-corrected chi connectivity index (χ3v) is 4.96. The van der Waals surface area contributed by atoms with Crippen LogP contribution in [0.15, 0.2) is 21.2 Å². The minimum Gasteiger partial charge on any atom is -0.441 e. The van der Waals surface area contributed by atoms with Crippen LogP contribution in [0.4, 0.5) is 5.95 Å². The van der Waals surface area contributed by atoms with Crippen molar-refractivity contribution in [3.05, 3.63) is 34.1 Å². The van der Waals surface area contributed by atoms with Gasteiger partial charge in [-0.25, -0.2) is 4.98 Å². The fourth-order valence-corrected chi connectivity index (χ4v) is 3.50. The summed E-state index contributed by atoms with van der Waals surface area (Å²) in [5, 5.41) is 11.2. The van der Waals surface area contributed by atoms with E-state index in [1.165, 1.54) is 0 Å². The molecule has 0 amide bonds. The van der Waals surface area contributed by atoms with E-state index in [0.29, 0.717) is 0 Å². The molecule has 0 aromatic carbocycles. The summed E-state index contributed by atoms with van der Waals surface area (Å²) in [6.45, 7) is 8.51. The fraction of sp³-hybridized carbons (Fsp3) is 0.438. The topological polar surface area (TPSA) is 74.1 Å². The summed E-state index contributed by atoms with van der Waals surface area (Å²) < 4.78 is 5.83. The lowest BCUT2D eigenvalue weighted by Crippen LogP contribution is -2.46. The molecule has 24 heavy (non-hydrogen) atoms. The zero-order valence-electron chi connectivity index (χ0n) is 13.8. The molecule has 1 fully saturated rings. The molecule has 0 unspecified atom stereocenters. The lowest BCUT2D eigenvalue weighted by molar-refractivity contribution is 0.245. The summed E-state index contributed by atoms with van der Waals surface area (Å²) in [6, 6.07) is 2.04. The summed E-state index contributed by atoms with van der Waals surface area (Å²) in [6.07, 6.45) is 0. The number of rotatable bonds is 4. The Morgan fingerprint density at radius 1 is 1.21 bits per heavy atom. The van der Waals surface area contributed by atoms with Gasteiger partial charge in [0.1, 0.15) is 11.6 Å². The van der Waals surface area contributed by atoms with Crippen molar-refractivity contribution in [1.82, 2.24) is 25.1 Å². The van der Waals surface area contributed by atoms with Gasteiger partial charge in [-0.05, 0) is 25.3 Å². The van der Waals surface area contributed by atoms with E-state index in [1.807, 2.05) is 25.3 Å². The Hall–Kier alpha value is -2.19. The van der Waals surface area contributed by atoms with Crippen molar-refractivity contribution in [3.8, 4) is 11.5 Å². The number of H-pyrrole nitrogens is 1. The maximum Gasteiger partial charge on any atom is 0.244 e. The molecule has 1 N–H and O–H groups in total. The van der Waals surface area contributed by atoms with E-state index in [2.05, 4.69) is 35.3 Å². The van der Waals surface area contributed by atoms with Crippen molar-refractivity contribution in [2.45, 2.75) is 20.4 Å². The Kier molecular flexibility index (Phi) is 4.07. The molecule has 0 bridgehead atoms. The summed E-state index contributed by atoms with van der Waals surface area (Å²) in [4.78, 5) is 13.7. The minimum atomic E-state index is 0.721. The van der Waals surface area contributed by atoms with Gasteiger partial charge in [-0.1, -0.05) is 0 Å². The van der Waals surface area contributed by atoms with Crippen molar-refractivity contribution < 1.29 is 4.42 Å². The van der Waals surface area contributed by atoms with Crippen molar-refractivity contribution in [2.75, 3.05) is 31.1 Å². The monoisotopic (exact) mass is 344 g/mol. The molecular formula is C16H20N6OS. The van der Waals surface area contributed by atoms with Crippen LogP contribution in [-0.4, -0.2) is 51.2 Å². The highest BCUT2D eigenvalue weighted by Crippen LogP contribution is 2.24. The second-order valence-corrected chi connectivity index (χ2v) is 6.80. The van der Waals surface area contributed by atoms with E-state index in [9.17, 15) is 0 Å². The molecule has 3 aromatic heterocycles. The third-order valence-electron chi connectivity index (χ3n) is 4.27. The number of aromatic amines is 1. The number of aromatic nitrogens is 4. The lowest BCUT2D eigenvalue weighted by Gasteiger charge is -2.33. The van der Waals surface area contributed by atoms with Gasteiger partial charge in [0.25, 0.3) is 0 Å². The van der Waals surface area contributed by atoms with Crippen LogP contribution in [0.5, 0.6) is 0 Å². The van der Waals surface area contributed by atoms with Gasteiger partial charge >= 0.3 is 0 Å². The van der Waals surface area contributed by atoms with Crippen molar-refractivity contribution >= 4 is 17.3 Å². The van der Waals surface area contributed by atoms with Crippen LogP contribution >= 0.6 is 11.3 Å². The van der Waals surface area contributed by atoms with Gasteiger partial charge < -0.3 is 9.32 Å². The van der Waals surface area contributed by atoms with Gasteiger partial charge in [0.2, 0.25) is 11.8 Å². The van der Waals surface area contributed by atoms with Gasteiger partial charge in [0.15, 0.2) is 0 Å². The highest BCUT2D eigenvalue weighted by atomic mass is 32.1. The van der Waals surface area contributed by atoms with Crippen LogP contribution in [0.2, 0.25) is 0 Å². The zero-order chi connectivity index (χ0) is 16.5. The normalized spacial score (nSPS) is 16.0. The van der Waals surface area contributed by atoms with E-state index >= 15 is 0 Å². The van der Waals surface area contributed by atoms with Gasteiger partial charge in [-0.3, -0.25) is 10.00 Å². The average molecular weight is 344 g/mol. The first-order valence-electron chi connectivity index (χ1n) is 8.04. The summed E-state index contributed by atoms with van der Waals surface area (Å²) in [5.74, 6) is 3.28. The van der Waals surface area contributed by atoms with Crippen LogP contribution in [0.1, 0.15) is 17.3 Å². The van der Waals surface area contributed by atoms with E-state index < -0.39 is 0 Å². The first-order chi connectivity index (χ1) is 11.7. The van der Waals surface area contributed by atoms with Crippen molar-refractivity contribution in [3.63, 3.8) is 0 Å². The molecule has 7 nitrogen and oxygen atoms in total. The Morgan fingerprint density at radius 3 is 2.71 bits per heavy atom. The Bertz CT molecular complexity index is 801. The first-order valence-corrected chi connectivity index (χ1v) is 8.98. The number of thiophene rings is 1. The zero-order valence-corrected chi connectivity index (χ0v) is 14.6. The number of hydrogen-bond donors (Lipinski definition) is 1. The number of hydrogen-bond acceptors (Lipinski definition) is 7. The van der Waals surface area contributed by atoms with E-state index in [1.54, 1.807) is 11.3 Å². The second kappa shape index (κ2) is 6.37. The Balaban J connectivity index is 1.39. The highest BCUT2D eigenvalue weighted by Gasteiger charge is 2.22. The molecule has 0 atom stereocenters. The number of nitrogens with one attached hydrogen (secondary N) is 1. The van der Waals surface area contributed by atoms with Crippen LogP contribution in [0.25, 0.3) is 11.5 Å². The molecule has 4 heterocycles. The fourth-order valence-electron chi connectivity index (χ4n) is 2.87. The molecule has 1 saturated heterocycles. The minimum absolute atomic E-state index is 0.721. The van der Waals surface area contributed by atoms with Gasteiger partial charge in [-0.15, -0.1) is 5.10 Å². The molecule has 126 valence electrons. The maximum atomic E-state index is 5.83. The van der Waals surface area contributed by atoms with Gasteiger partial charge in [0.05, 0.1) is 5.69 Å². The molecule has 4 rings (SSSR count). The third kappa shape index (κ3) is 3.07. The Labute approximate surface area is 144 Å². The molecule has 0 spiro atoms.